The number of amides is 2. The third-order valence-electron chi connectivity index (χ3n) is 3.75. The van der Waals surface area contributed by atoms with Crippen LogP contribution in [-0.2, 0) is 14.3 Å². The van der Waals surface area contributed by atoms with Crippen LogP contribution in [0.15, 0.2) is 42.5 Å². The SMILES string of the molecule is COC(=O)c1ccc(NC(=O)CCN(C(C)=O)c2ccc(F)c(Cl)c2)cc1. The van der Waals surface area contributed by atoms with Crippen LogP contribution in [0.25, 0.3) is 0 Å². The summed E-state index contributed by atoms with van der Waals surface area (Å²) in [6.45, 7) is 1.45. The molecule has 0 aliphatic carbocycles. The fraction of sp³-hybridized carbons (Fsp3) is 0.211. The summed E-state index contributed by atoms with van der Waals surface area (Å²) in [7, 11) is 1.28. The highest BCUT2D eigenvalue weighted by Gasteiger charge is 2.15. The summed E-state index contributed by atoms with van der Waals surface area (Å²) in [6, 6.07) is 10.1. The Hall–Kier alpha value is -2.93. The number of ether oxygens (including phenoxy) is 1. The number of carbonyl (C=O) groups excluding carboxylic acids is 3. The molecular weight excluding hydrogens is 375 g/mol. The lowest BCUT2D eigenvalue weighted by atomic mass is 10.2. The van der Waals surface area contributed by atoms with E-state index in [-0.39, 0.29) is 29.8 Å². The number of anilines is 2. The molecule has 2 aromatic carbocycles. The number of carbonyl (C=O) groups is 3. The van der Waals surface area contributed by atoms with Gasteiger partial charge in [-0.2, -0.15) is 0 Å². The highest BCUT2D eigenvalue weighted by molar-refractivity contribution is 6.31. The summed E-state index contributed by atoms with van der Waals surface area (Å²) in [5.74, 6) is -1.67. The lowest BCUT2D eigenvalue weighted by Crippen LogP contribution is -2.32. The van der Waals surface area contributed by atoms with Crippen molar-refractivity contribution in [2.75, 3.05) is 23.9 Å². The van der Waals surface area contributed by atoms with Gasteiger partial charge in [0.25, 0.3) is 0 Å². The van der Waals surface area contributed by atoms with E-state index in [1.807, 2.05) is 0 Å². The van der Waals surface area contributed by atoms with Crippen molar-refractivity contribution in [3.8, 4) is 0 Å². The van der Waals surface area contributed by atoms with Crippen LogP contribution in [0.5, 0.6) is 0 Å². The van der Waals surface area contributed by atoms with E-state index in [0.717, 1.165) is 6.07 Å². The second kappa shape index (κ2) is 9.14. The maximum atomic E-state index is 13.3. The minimum atomic E-state index is -0.586. The Morgan fingerprint density at radius 3 is 2.37 bits per heavy atom. The Kier molecular flexibility index (Phi) is 6.90. The molecule has 142 valence electrons. The largest absolute Gasteiger partial charge is 0.465 e. The van der Waals surface area contributed by atoms with Crippen molar-refractivity contribution in [3.63, 3.8) is 0 Å². The smallest absolute Gasteiger partial charge is 0.337 e. The van der Waals surface area contributed by atoms with Crippen LogP contribution in [0.3, 0.4) is 0 Å². The van der Waals surface area contributed by atoms with Gasteiger partial charge >= 0.3 is 5.97 Å². The van der Waals surface area contributed by atoms with E-state index in [1.165, 1.54) is 43.2 Å². The zero-order chi connectivity index (χ0) is 20.0. The number of methoxy groups -OCH3 is 1. The second-order valence-corrected chi connectivity index (χ2v) is 6.04. The lowest BCUT2D eigenvalue weighted by Gasteiger charge is -2.21. The number of halogens is 2. The maximum absolute atomic E-state index is 13.3. The molecule has 0 saturated carbocycles. The zero-order valence-electron chi connectivity index (χ0n) is 14.8. The van der Waals surface area contributed by atoms with E-state index in [1.54, 1.807) is 12.1 Å². The minimum absolute atomic E-state index is 0.0212. The number of rotatable bonds is 6. The quantitative estimate of drug-likeness (QED) is 0.761. The molecule has 0 fully saturated rings. The van der Waals surface area contributed by atoms with Gasteiger partial charge in [-0.3, -0.25) is 9.59 Å². The Labute approximate surface area is 160 Å². The molecule has 6 nitrogen and oxygen atoms in total. The first kappa shape index (κ1) is 20.4. The topological polar surface area (TPSA) is 75.7 Å². The van der Waals surface area contributed by atoms with Crippen LogP contribution >= 0.6 is 11.6 Å². The Morgan fingerprint density at radius 1 is 1.15 bits per heavy atom. The maximum Gasteiger partial charge on any atom is 0.337 e. The van der Waals surface area contributed by atoms with E-state index in [2.05, 4.69) is 10.1 Å². The van der Waals surface area contributed by atoms with Crippen molar-refractivity contribution in [2.24, 2.45) is 0 Å². The van der Waals surface area contributed by atoms with Gasteiger partial charge in [0, 0.05) is 31.3 Å². The van der Waals surface area contributed by atoms with Crippen molar-refractivity contribution >= 4 is 40.8 Å². The molecule has 8 heteroatoms. The van der Waals surface area contributed by atoms with Crippen LogP contribution in [0.1, 0.15) is 23.7 Å². The van der Waals surface area contributed by atoms with Gasteiger partial charge in [-0.25, -0.2) is 9.18 Å². The molecule has 1 N–H and O–H groups in total. The molecule has 0 heterocycles. The molecule has 0 radical (unpaired) electrons. The molecule has 2 rings (SSSR count). The van der Waals surface area contributed by atoms with E-state index in [4.69, 9.17) is 11.6 Å². The minimum Gasteiger partial charge on any atom is -0.465 e. The molecule has 2 amide bonds. The first-order chi connectivity index (χ1) is 12.8. The monoisotopic (exact) mass is 392 g/mol. The second-order valence-electron chi connectivity index (χ2n) is 5.64. The molecule has 0 spiro atoms. The molecule has 27 heavy (non-hydrogen) atoms. The fourth-order valence-corrected chi connectivity index (χ4v) is 2.54. The number of hydrogen-bond acceptors (Lipinski definition) is 4. The normalized spacial score (nSPS) is 10.2. The predicted molar refractivity (Wildman–Crippen MR) is 100 cm³/mol. The van der Waals surface area contributed by atoms with E-state index >= 15 is 0 Å². The van der Waals surface area contributed by atoms with E-state index in [9.17, 15) is 18.8 Å². The summed E-state index contributed by atoms with van der Waals surface area (Å²) in [6.07, 6.45) is 0.0212. The summed E-state index contributed by atoms with van der Waals surface area (Å²) < 4.78 is 17.9. The first-order valence-corrected chi connectivity index (χ1v) is 8.41. The van der Waals surface area contributed by atoms with Gasteiger partial charge in [0.2, 0.25) is 11.8 Å². The van der Waals surface area contributed by atoms with Gasteiger partial charge in [-0.15, -0.1) is 0 Å². The van der Waals surface area contributed by atoms with Crippen molar-refractivity contribution in [3.05, 3.63) is 58.9 Å². The number of benzene rings is 2. The highest BCUT2D eigenvalue weighted by Crippen LogP contribution is 2.23. The number of esters is 1. The van der Waals surface area contributed by atoms with E-state index in [0.29, 0.717) is 16.9 Å². The average molecular weight is 393 g/mol. The van der Waals surface area contributed by atoms with Gasteiger partial charge in [0.15, 0.2) is 0 Å². The third kappa shape index (κ3) is 5.52. The number of nitrogens with one attached hydrogen (secondary N) is 1. The van der Waals surface area contributed by atoms with Crippen LogP contribution in [0.2, 0.25) is 5.02 Å². The highest BCUT2D eigenvalue weighted by atomic mass is 35.5. The standard InChI is InChI=1S/C19H18ClFN2O4/c1-12(24)23(15-7-8-17(21)16(20)11-15)10-9-18(25)22-14-5-3-13(4-6-14)19(26)27-2/h3-8,11H,9-10H2,1-2H3,(H,22,25). The Balaban J connectivity index is 1.98. The van der Waals surface area contributed by atoms with Gasteiger partial charge in [-0.05, 0) is 42.5 Å². The van der Waals surface area contributed by atoms with Gasteiger partial charge in [-0.1, -0.05) is 11.6 Å². The first-order valence-electron chi connectivity index (χ1n) is 8.03. The molecule has 0 aliphatic heterocycles. The molecule has 0 saturated heterocycles. The average Bonchev–Trinajstić information content (AvgIpc) is 2.64. The van der Waals surface area contributed by atoms with Gasteiger partial charge in [0.1, 0.15) is 5.82 Å². The molecule has 2 aromatic rings. The van der Waals surface area contributed by atoms with Crippen LogP contribution < -0.4 is 10.2 Å². The zero-order valence-corrected chi connectivity index (χ0v) is 15.5. The Morgan fingerprint density at radius 2 is 1.81 bits per heavy atom. The van der Waals surface area contributed by atoms with Crippen molar-refractivity contribution in [2.45, 2.75) is 13.3 Å². The number of nitrogens with zero attached hydrogens (tertiary/aromatic N) is 1. The molecule has 0 aliphatic rings. The van der Waals surface area contributed by atoms with Crippen LogP contribution in [0, 0.1) is 5.82 Å². The molecule has 0 aromatic heterocycles. The number of hydrogen-bond donors (Lipinski definition) is 1. The molecule has 0 bridgehead atoms. The molecule has 0 unspecified atom stereocenters. The predicted octanol–water partition coefficient (Wildman–Crippen LogP) is 3.65. The molecular formula is C19H18ClFN2O4. The van der Waals surface area contributed by atoms with Crippen LogP contribution in [-0.4, -0.2) is 31.4 Å². The summed E-state index contributed by atoms with van der Waals surface area (Å²) >= 11 is 5.75. The van der Waals surface area contributed by atoms with Crippen molar-refractivity contribution < 1.29 is 23.5 Å². The summed E-state index contributed by atoms with van der Waals surface area (Å²) in [5.41, 5.74) is 1.28. The Bertz CT molecular complexity index is 855. The van der Waals surface area contributed by atoms with Crippen molar-refractivity contribution in [1.29, 1.82) is 0 Å². The van der Waals surface area contributed by atoms with Gasteiger partial charge in [0.05, 0.1) is 17.7 Å². The fourth-order valence-electron chi connectivity index (χ4n) is 2.37. The van der Waals surface area contributed by atoms with Crippen LogP contribution in [0.4, 0.5) is 15.8 Å². The van der Waals surface area contributed by atoms with Crippen molar-refractivity contribution in [1.82, 2.24) is 0 Å². The lowest BCUT2D eigenvalue weighted by molar-refractivity contribution is -0.117. The summed E-state index contributed by atoms with van der Waals surface area (Å²) in [5, 5.41) is 2.57. The van der Waals surface area contributed by atoms with Gasteiger partial charge < -0.3 is 15.0 Å². The third-order valence-corrected chi connectivity index (χ3v) is 4.04. The summed E-state index contributed by atoms with van der Waals surface area (Å²) in [4.78, 5) is 36.7. The van der Waals surface area contributed by atoms with E-state index < -0.39 is 11.8 Å². The molecule has 0 atom stereocenters.